The molecule has 1 amide bonds. The molecule has 29 heavy (non-hydrogen) atoms. The van der Waals surface area contributed by atoms with Gasteiger partial charge in [-0.3, -0.25) is 4.79 Å². The van der Waals surface area contributed by atoms with Gasteiger partial charge in [0.2, 0.25) is 10.0 Å². The molecule has 0 atom stereocenters. The lowest BCUT2D eigenvalue weighted by atomic mass is 10.0. The molecule has 2 aromatic carbocycles. The molecular formula is C22H28N2O4S. The molecule has 1 aliphatic heterocycles. The molecule has 3 rings (SSSR count). The Morgan fingerprint density at radius 3 is 2.45 bits per heavy atom. The quantitative estimate of drug-likeness (QED) is 0.800. The Balaban J connectivity index is 1.89. The minimum absolute atomic E-state index is 0.152. The van der Waals surface area contributed by atoms with E-state index in [0.717, 1.165) is 18.4 Å². The maximum atomic E-state index is 13.1. The van der Waals surface area contributed by atoms with Crippen LogP contribution in [-0.2, 0) is 10.0 Å². The molecule has 0 saturated carbocycles. The Morgan fingerprint density at radius 2 is 1.79 bits per heavy atom. The van der Waals surface area contributed by atoms with E-state index in [0.29, 0.717) is 41.6 Å². The number of rotatable bonds is 5. The van der Waals surface area contributed by atoms with Gasteiger partial charge in [-0.1, -0.05) is 19.1 Å². The number of aryl methyl sites for hydroxylation is 2. The highest BCUT2D eigenvalue weighted by Gasteiger charge is 2.29. The van der Waals surface area contributed by atoms with Crippen molar-refractivity contribution >= 4 is 21.6 Å². The fourth-order valence-corrected chi connectivity index (χ4v) is 4.99. The zero-order valence-electron chi connectivity index (χ0n) is 17.4. The molecule has 2 aromatic rings. The van der Waals surface area contributed by atoms with Crippen LogP contribution in [0.4, 0.5) is 5.69 Å². The normalized spacial score (nSPS) is 15.9. The third-order valence-corrected chi connectivity index (χ3v) is 7.33. The number of ether oxygens (including phenoxy) is 1. The molecule has 0 aromatic heterocycles. The molecule has 1 N–H and O–H groups in total. The van der Waals surface area contributed by atoms with Crippen LogP contribution < -0.4 is 10.1 Å². The van der Waals surface area contributed by atoms with E-state index >= 15 is 0 Å². The van der Waals surface area contributed by atoms with Crippen LogP contribution in [0.1, 0.15) is 41.3 Å². The Labute approximate surface area is 172 Å². The number of sulfonamides is 1. The number of carbonyl (C=O) groups is 1. The number of carbonyl (C=O) groups excluding carboxylic acids is 1. The second kappa shape index (κ2) is 8.55. The van der Waals surface area contributed by atoms with Gasteiger partial charge in [0.15, 0.2) is 0 Å². The summed E-state index contributed by atoms with van der Waals surface area (Å²) in [4.78, 5) is 13.1. The highest BCUT2D eigenvalue weighted by Crippen LogP contribution is 2.28. The molecule has 1 aliphatic rings. The van der Waals surface area contributed by atoms with Crippen LogP contribution in [0.25, 0.3) is 0 Å². The van der Waals surface area contributed by atoms with Crippen molar-refractivity contribution in [1.82, 2.24) is 4.31 Å². The topological polar surface area (TPSA) is 75.7 Å². The number of piperidine rings is 1. The van der Waals surface area contributed by atoms with E-state index in [1.165, 1.54) is 17.5 Å². The number of nitrogens with one attached hydrogen (secondary N) is 1. The number of benzene rings is 2. The molecule has 0 spiro atoms. The van der Waals surface area contributed by atoms with E-state index in [1.807, 2.05) is 19.1 Å². The molecule has 0 bridgehead atoms. The predicted octanol–water partition coefficient (Wildman–Crippen LogP) is 3.98. The molecule has 156 valence electrons. The summed E-state index contributed by atoms with van der Waals surface area (Å²) in [7, 11) is -2.08. The van der Waals surface area contributed by atoms with Crippen molar-refractivity contribution in [1.29, 1.82) is 0 Å². The summed E-state index contributed by atoms with van der Waals surface area (Å²) in [6, 6.07) is 10.2. The van der Waals surface area contributed by atoms with Crippen molar-refractivity contribution in [2.45, 2.75) is 38.5 Å². The average molecular weight is 417 g/mol. The van der Waals surface area contributed by atoms with E-state index in [9.17, 15) is 13.2 Å². The molecule has 1 saturated heterocycles. The van der Waals surface area contributed by atoms with E-state index in [1.54, 1.807) is 25.1 Å². The first-order valence-electron chi connectivity index (χ1n) is 9.79. The van der Waals surface area contributed by atoms with Crippen LogP contribution in [0.2, 0.25) is 0 Å². The van der Waals surface area contributed by atoms with Gasteiger partial charge in [-0.2, -0.15) is 4.31 Å². The van der Waals surface area contributed by atoms with Gasteiger partial charge in [0, 0.05) is 18.7 Å². The smallest absolute Gasteiger partial charge is 0.256 e. The first kappa shape index (κ1) is 21.3. The summed E-state index contributed by atoms with van der Waals surface area (Å²) in [5.41, 5.74) is 2.57. The third-order valence-electron chi connectivity index (χ3n) is 5.44. The highest BCUT2D eigenvalue weighted by atomic mass is 32.2. The molecule has 0 radical (unpaired) electrons. The van der Waals surface area contributed by atoms with Crippen molar-refractivity contribution in [2.24, 2.45) is 5.92 Å². The van der Waals surface area contributed by atoms with Crippen molar-refractivity contribution < 1.29 is 17.9 Å². The van der Waals surface area contributed by atoms with Gasteiger partial charge in [-0.05, 0) is 68.0 Å². The van der Waals surface area contributed by atoms with Crippen molar-refractivity contribution in [3.63, 3.8) is 0 Å². The Kier molecular flexibility index (Phi) is 6.29. The molecule has 7 heteroatoms. The van der Waals surface area contributed by atoms with E-state index < -0.39 is 10.0 Å². The minimum Gasteiger partial charge on any atom is -0.495 e. The number of methoxy groups -OCH3 is 1. The Morgan fingerprint density at radius 1 is 1.10 bits per heavy atom. The van der Waals surface area contributed by atoms with Crippen LogP contribution in [0.3, 0.4) is 0 Å². The minimum atomic E-state index is -3.62. The predicted molar refractivity (Wildman–Crippen MR) is 114 cm³/mol. The van der Waals surface area contributed by atoms with Crippen LogP contribution in [0, 0.1) is 19.8 Å². The molecule has 1 heterocycles. The largest absolute Gasteiger partial charge is 0.495 e. The average Bonchev–Trinajstić information content (AvgIpc) is 2.68. The molecule has 6 nitrogen and oxygen atoms in total. The summed E-state index contributed by atoms with van der Waals surface area (Å²) in [6.07, 6.45) is 1.71. The molecule has 1 fully saturated rings. The standard InChI is InChI=1S/C22H28N2O4S/c1-15-9-11-24(12-10-15)29(26,27)18-7-6-17(3)19(14-18)22(25)23-20-13-16(2)5-8-21(20)28-4/h5-8,13-15H,9-12H2,1-4H3,(H,23,25). The zero-order chi connectivity index (χ0) is 21.2. The van der Waals surface area contributed by atoms with Gasteiger partial charge >= 0.3 is 0 Å². The fourth-order valence-electron chi connectivity index (χ4n) is 3.49. The van der Waals surface area contributed by atoms with Gasteiger partial charge in [-0.25, -0.2) is 8.42 Å². The summed E-state index contributed by atoms with van der Waals surface area (Å²) in [5.74, 6) is 0.716. The van der Waals surface area contributed by atoms with E-state index in [4.69, 9.17) is 4.74 Å². The summed E-state index contributed by atoms with van der Waals surface area (Å²) >= 11 is 0. The van der Waals surface area contributed by atoms with Gasteiger partial charge in [0.05, 0.1) is 17.7 Å². The first-order valence-corrected chi connectivity index (χ1v) is 11.2. The van der Waals surface area contributed by atoms with Crippen molar-refractivity contribution in [3.05, 3.63) is 53.1 Å². The summed E-state index contributed by atoms with van der Waals surface area (Å²) in [5, 5.41) is 2.85. The number of anilines is 1. The van der Waals surface area contributed by atoms with E-state index in [-0.39, 0.29) is 10.8 Å². The van der Waals surface area contributed by atoms with E-state index in [2.05, 4.69) is 12.2 Å². The molecular weight excluding hydrogens is 388 g/mol. The van der Waals surface area contributed by atoms with Crippen LogP contribution >= 0.6 is 0 Å². The van der Waals surface area contributed by atoms with Gasteiger partial charge in [0.1, 0.15) is 5.75 Å². The van der Waals surface area contributed by atoms with Gasteiger partial charge < -0.3 is 10.1 Å². The maximum Gasteiger partial charge on any atom is 0.256 e. The fraction of sp³-hybridized carbons (Fsp3) is 0.409. The summed E-state index contributed by atoms with van der Waals surface area (Å²) in [6.45, 7) is 6.88. The Hall–Kier alpha value is -2.38. The molecule has 0 unspecified atom stereocenters. The number of hydrogen-bond donors (Lipinski definition) is 1. The first-order chi connectivity index (χ1) is 13.7. The zero-order valence-corrected chi connectivity index (χ0v) is 18.2. The van der Waals surface area contributed by atoms with Crippen molar-refractivity contribution in [2.75, 3.05) is 25.5 Å². The highest BCUT2D eigenvalue weighted by molar-refractivity contribution is 7.89. The molecule has 0 aliphatic carbocycles. The lowest BCUT2D eigenvalue weighted by Crippen LogP contribution is -2.38. The lowest BCUT2D eigenvalue weighted by Gasteiger charge is -2.29. The third kappa shape index (κ3) is 4.62. The second-order valence-electron chi connectivity index (χ2n) is 7.72. The Bertz CT molecular complexity index is 1010. The van der Waals surface area contributed by atoms with Crippen LogP contribution in [0.5, 0.6) is 5.75 Å². The van der Waals surface area contributed by atoms with Crippen molar-refractivity contribution in [3.8, 4) is 5.75 Å². The monoisotopic (exact) mass is 416 g/mol. The van der Waals surface area contributed by atoms with Crippen LogP contribution in [-0.4, -0.2) is 38.8 Å². The number of hydrogen-bond acceptors (Lipinski definition) is 4. The lowest BCUT2D eigenvalue weighted by molar-refractivity contribution is 0.102. The summed E-state index contributed by atoms with van der Waals surface area (Å²) < 4.78 is 32.9. The number of amides is 1. The van der Waals surface area contributed by atoms with Gasteiger partial charge in [0.25, 0.3) is 5.91 Å². The SMILES string of the molecule is COc1ccc(C)cc1NC(=O)c1cc(S(=O)(=O)N2CCC(C)CC2)ccc1C. The van der Waals surface area contributed by atoms with Crippen LogP contribution in [0.15, 0.2) is 41.3 Å². The van der Waals surface area contributed by atoms with Gasteiger partial charge in [-0.15, -0.1) is 0 Å². The number of nitrogens with zero attached hydrogens (tertiary/aromatic N) is 1. The maximum absolute atomic E-state index is 13.1. The second-order valence-corrected chi connectivity index (χ2v) is 9.66.